The standard InChI is InChI=1S/C7H9N3S/c1-7(2,5-8)3-6-4-9-11-10-6/h4H,3H2,1-2H3. The van der Waals surface area contributed by atoms with Gasteiger partial charge in [0.1, 0.15) is 0 Å². The third-order valence-corrected chi connectivity index (χ3v) is 1.85. The molecule has 4 heteroatoms. The fourth-order valence-electron chi connectivity index (χ4n) is 0.754. The molecule has 0 amide bonds. The molecule has 3 nitrogen and oxygen atoms in total. The molecule has 0 aliphatic heterocycles. The van der Waals surface area contributed by atoms with Crippen molar-refractivity contribution in [1.82, 2.24) is 8.75 Å². The summed E-state index contributed by atoms with van der Waals surface area (Å²) in [4.78, 5) is 0. The van der Waals surface area contributed by atoms with Gasteiger partial charge in [-0.2, -0.15) is 14.0 Å². The summed E-state index contributed by atoms with van der Waals surface area (Å²) >= 11 is 1.18. The van der Waals surface area contributed by atoms with Crippen molar-refractivity contribution in [3.05, 3.63) is 11.9 Å². The topological polar surface area (TPSA) is 49.6 Å². The van der Waals surface area contributed by atoms with Crippen molar-refractivity contribution in [3.63, 3.8) is 0 Å². The van der Waals surface area contributed by atoms with Crippen LogP contribution in [0.4, 0.5) is 0 Å². The van der Waals surface area contributed by atoms with Gasteiger partial charge in [0.15, 0.2) is 0 Å². The zero-order chi connectivity index (χ0) is 8.32. The molecule has 1 heterocycles. The summed E-state index contributed by atoms with van der Waals surface area (Å²) in [5, 5.41) is 8.70. The minimum absolute atomic E-state index is 0.324. The molecule has 0 aliphatic rings. The predicted molar refractivity (Wildman–Crippen MR) is 43.0 cm³/mol. The van der Waals surface area contributed by atoms with Crippen LogP contribution in [0.15, 0.2) is 6.20 Å². The summed E-state index contributed by atoms with van der Waals surface area (Å²) in [5.74, 6) is 0. The van der Waals surface area contributed by atoms with Crippen molar-refractivity contribution in [1.29, 1.82) is 5.26 Å². The first kappa shape index (κ1) is 8.15. The molecule has 1 aromatic rings. The monoisotopic (exact) mass is 167 g/mol. The molecule has 0 bridgehead atoms. The van der Waals surface area contributed by atoms with Crippen molar-refractivity contribution < 1.29 is 0 Å². The number of rotatable bonds is 2. The van der Waals surface area contributed by atoms with Gasteiger partial charge < -0.3 is 0 Å². The van der Waals surface area contributed by atoms with Crippen molar-refractivity contribution in [3.8, 4) is 6.07 Å². The van der Waals surface area contributed by atoms with Crippen molar-refractivity contribution in [2.75, 3.05) is 0 Å². The zero-order valence-electron chi connectivity index (χ0n) is 6.53. The van der Waals surface area contributed by atoms with Gasteiger partial charge in [0.05, 0.1) is 35.1 Å². The predicted octanol–water partition coefficient (Wildman–Crippen LogP) is 1.63. The Hall–Kier alpha value is -0.950. The Bertz CT molecular complexity index is 258. The highest BCUT2D eigenvalue weighted by Crippen LogP contribution is 2.18. The molecule has 0 atom stereocenters. The number of nitriles is 1. The maximum absolute atomic E-state index is 8.70. The highest BCUT2D eigenvalue weighted by Gasteiger charge is 2.18. The van der Waals surface area contributed by atoms with E-state index in [0.29, 0.717) is 6.42 Å². The molecule has 11 heavy (non-hydrogen) atoms. The molecular formula is C7H9N3S. The smallest absolute Gasteiger partial charge is 0.0758 e. The van der Waals surface area contributed by atoms with Crippen LogP contribution in [0.2, 0.25) is 0 Å². The van der Waals surface area contributed by atoms with Crippen LogP contribution in [0.5, 0.6) is 0 Å². The Morgan fingerprint density at radius 2 is 2.45 bits per heavy atom. The van der Waals surface area contributed by atoms with E-state index in [2.05, 4.69) is 14.8 Å². The normalized spacial score (nSPS) is 11.0. The Morgan fingerprint density at radius 3 is 2.91 bits per heavy atom. The molecule has 0 radical (unpaired) electrons. The van der Waals surface area contributed by atoms with E-state index >= 15 is 0 Å². The van der Waals surface area contributed by atoms with Crippen LogP contribution in [0.3, 0.4) is 0 Å². The maximum Gasteiger partial charge on any atom is 0.0758 e. The molecule has 1 aromatic heterocycles. The molecule has 0 saturated heterocycles. The quantitative estimate of drug-likeness (QED) is 0.672. The van der Waals surface area contributed by atoms with E-state index in [0.717, 1.165) is 5.69 Å². The second kappa shape index (κ2) is 2.97. The lowest BCUT2D eigenvalue weighted by Crippen LogP contribution is -2.11. The minimum Gasteiger partial charge on any atom is -0.198 e. The van der Waals surface area contributed by atoms with Crippen LogP contribution in [0, 0.1) is 16.7 Å². The lowest BCUT2D eigenvalue weighted by Gasteiger charge is -2.11. The summed E-state index contributed by atoms with van der Waals surface area (Å²) < 4.78 is 7.89. The van der Waals surface area contributed by atoms with Gasteiger partial charge in [-0.25, -0.2) is 0 Å². The summed E-state index contributed by atoms with van der Waals surface area (Å²) in [5.41, 5.74) is 0.581. The molecule has 0 unspecified atom stereocenters. The van der Waals surface area contributed by atoms with E-state index in [1.165, 1.54) is 11.7 Å². The largest absolute Gasteiger partial charge is 0.198 e. The van der Waals surface area contributed by atoms with Gasteiger partial charge in [-0.05, 0) is 13.8 Å². The average Bonchev–Trinajstić information content (AvgIpc) is 2.39. The second-order valence-electron chi connectivity index (χ2n) is 3.07. The fraction of sp³-hybridized carbons (Fsp3) is 0.571. The molecule has 58 valence electrons. The first-order valence-electron chi connectivity index (χ1n) is 3.32. The Labute approximate surface area is 70.0 Å². The Morgan fingerprint density at radius 1 is 1.73 bits per heavy atom. The van der Waals surface area contributed by atoms with Gasteiger partial charge in [-0.1, -0.05) is 0 Å². The fourth-order valence-corrected chi connectivity index (χ4v) is 1.19. The van der Waals surface area contributed by atoms with Crippen LogP contribution < -0.4 is 0 Å². The van der Waals surface area contributed by atoms with Crippen molar-refractivity contribution >= 4 is 11.7 Å². The lowest BCUT2D eigenvalue weighted by molar-refractivity contribution is 0.488. The number of aromatic nitrogens is 2. The first-order chi connectivity index (χ1) is 5.14. The van der Waals surface area contributed by atoms with Gasteiger partial charge in [-0.15, -0.1) is 0 Å². The average molecular weight is 167 g/mol. The molecule has 0 N–H and O–H groups in total. The van der Waals surface area contributed by atoms with Crippen LogP contribution >= 0.6 is 11.7 Å². The Kier molecular flexibility index (Phi) is 2.20. The molecule has 0 fully saturated rings. The van der Waals surface area contributed by atoms with E-state index in [4.69, 9.17) is 5.26 Å². The van der Waals surface area contributed by atoms with Crippen LogP contribution in [-0.2, 0) is 6.42 Å². The van der Waals surface area contributed by atoms with Gasteiger partial charge in [-0.3, -0.25) is 0 Å². The third-order valence-electron chi connectivity index (χ3n) is 1.33. The zero-order valence-corrected chi connectivity index (χ0v) is 7.35. The number of hydrogen-bond acceptors (Lipinski definition) is 4. The summed E-state index contributed by atoms with van der Waals surface area (Å²) in [6.07, 6.45) is 2.39. The van der Waals surface area contributed by atoms with Crippen LogP contribution in [-0.4, -0.2) is 8.75 Å². The van der Waals surface area contributed by atoms with Gasteiger partial charge in [0.2, 0.25) is 0 Å². The van der Waals surface area contributed by atoms with E-state index in [9.17, 15) is 0 Å². The SMILES string of the molecule is CC(C)(C#N)Cc1cnsn1. The molecular weight excluding hydrogens is 158 g/mol. The summed E-state index contributed by atoms with van der Waals surface area (Å²) in [6.45, 7) is 3.79. The van der Waals surface area contributed by atoms with Gasteiger partial charge in [0, 0.05) is 6.42 Å². The third kappa shape index (κ3) is 2.28. The Balaban J connectivity index is 2.65. The second-order valence-corrected chi connectivity index (χ2v) is 3.63. The summed E-state index contributed by atoms with van der Waals surface area (Å²) in [6, 6.07) is 2.22. The van der Waals surface area contributed by atoms with Crippen molar-refractivity contribution in [2.45, 2.75) is 20.3 Å². The highest BCUT2D eigenvalue weighted by molar-refractivity contribution is 6.99. The van der Waals surface area contributed by atoms with E-state index < -0.39 is 0 Å². The minimum atomic E-state index is -0.324. The highest BCUT2D eigenvalue weighted by atomic mass is 32.1. The molecule has 0 aliphatic carbocycles. The van der Waals surface area contributed by atoms with Crippen molar-refractivity contribution in [2.24, 2.45) is 5.41 Å². The molecule has 0 spiro atoms. The molecule has 0 saturated carbocycles. The van der Waals surface area contributed by atoms with Gasteiger partial charge in [0.25, 0.3) is 0 Å². The lowest BCUT2D eigenvalue weighted by atomic mass is 9.90. The number of nitrogens with zero attached hydrogens (tertiary/aromatic N) is 3. The van der Waals surface area contributed by atoms with E-state index in [1.54, 1.807) is 6.20 Å². The number of hydrogen-bond donors (Lipinski definition) is 0. The van der Waals surface area contributed by atoms with Gasteiger partial charge >= 0.3 is 0 Å². The van der Waals surface area contributed by atoms with E-state index in [1.807, 2.05) is 13.8 Å². The molecule has 1 rings (SSSR count). The van der Waals surface area contributed by atoms with E-state index in [-0.39, 0.29) is 5.41 Å². The first-order valence-corrected chi connectivity index (χ1v) is 4.05. The summed E-state index contributed by atoms with van der Waals surface area (Å²) in [7, 11) is 0. The van der Waals surface area contributed by atoms with Crippen LogP contribution in [0.1, 0.15) is 19.5 Å². The molecule has 0 aromatic carbocycles. The van der Waals surface area contributed by atoms with Crippen LogP contribution in [0.25, 0.3) is 0 Å². The maximum atomic E-state index is 8.70.